The summed E-state index contributed by atoms with van der Waals surface area (Å²) in [4.78, 5) is 35.0. The van der Waals surface area contributed by atoms with Crippen LogP contribution in [0.4, 0.5) is 0 Å². The number of hydrogen-bond acceptors (Lipinski definition) is 5. The van der Waals surface area contributed by atoms with Crippen LogP contribution in [-0.4, -0.2) is 43.6 Å². The summed E-state index contributed by atoms with van der Waals surface area (Å²) in [6.45, 7) is 2.69. The maximum atomic E-state index is 11.9. The number of nitrogens with one attached hydrogen (secondary N) is 2. The lowest BCUT2D eigenvalue weighted by atomic mass is 10.0. The summed E-state index contributed by atoms with van der Waals surface area (Å²) in [5.74, 6) is -0.941. The van der Waals surface area contributed by atoms with Crippen molar-refractivity contribution in [1.29, 1.82) is 0 Å². The fraction of sp³-hybridized carbons (Fsp3) is 0.318. The first kappa shape index (κ1) is 21.9. The van der Waals surface area contributed by atoms with Crippen molar-refractivity contribution in [2.75, 3.05) is 19.8 Å². The third-order valence-corrected chi connectivity index (χ3v) is 3.82. The van der Waals surface area contributed by atoms with Gasteiger partial charge < -0.3 is 20.1 Å². The van der Waals surface area contributed by atoms with Crippen LogP contribution in [0.2, 0.25) is 0 Å². The monoisotopic (exact) mass is 398 g/mol. The molecule has 154 valence electrons. The Morgan fingerprint density at radius 3 is 2.31 bits per heavy atom. The third kappa shape index (κ3) is 8.47. The van der Waals surface area contributed by atoms with Gasteiger partial charge in [0.05, 0.1) is 6.54 Å². The van der Waals surface area contributed by atoms with Crippen molar-refractivity contribution >= 4 is 17.8 Å². The Hall–Kier alpha value is -3.35. The molecule has 0 aliphatic heterocycles. The molecule has 7 nitrogen and oxygen atoms in total. The molecule has 0 aliphatic rings. The highest BCUT2D eigenvalue weighted by Gasteiger charge is 2.12. The number of esters is 1. The standard InChI is InChI=1S/C22H26N2O5/c1-16(2)24-20(25)13-23-21(26)14-29-22(27)15-28-19-11-7-6-10-18(19)12-17-8-4-3-5-9-17/h3-11,16H,12-15H2,1-2H3,(H,23,26)(H,24,25). The fourth-order valence-electron chi connectivity index (χ4n) is 2.53. The van der Waals surface area contributed by atoms with Crippen LogP contribution in [0, 0.1) is 0 Å². The molecule has 29 heavy (non-hydrogen) atoms. The van der Waals surface area contributed by atoms with Gasteiger partial charge in [0.1, 0.15) is 5.75 Å². The number of benzene rings is 2. The second-order valence-corrected chi connectivity index (χ2v) is 6.72. The van der Waals surface area contributed by atoms with Gasteiger partial charge >= 0.3 is 5.97 Å². The minimum Gasteiger partial charge on any atom is -0.482 e. The number of carbonyl (C=O) groups is 3. The summed E-state index contributed by atoms with van der Waals surface area (Å²) < 4.78 is 10.5. The second-order valence-electron chi connectivity index (χ2n) is 6.72. The van der Waals surface area contributed by atoms with Crippen molar-refractivity contribution in [3.63, 3.8) is 0 Å². The molecule has 2 N–H and O–H groups in total. The predicted molar refractivity (Wildman–Crippen MR) is 108 cm³/mol. The molecule has 0 spiro atoms. The average Bonchev–Trinajstić information content (AvgIpc) is 2.70. The Labute approximate surface area is 170 Å². The molecule has 2 aromatic rings. The highest BCUT2D eigenvalue weighted by molar-refractivity contribution is 5.86. The first-order valence-electron chi connectivity index (χ1n) is 9.40. The van der Waals surface area contributed by atoms with Crippen LogP contribution in [0.25, 0.3) is 0 Å². The zero-order valence-electron chi connectivity index (χ0n) is 16.6. The number of hydrogen-bond donors (Lipinski definition) is 2. The van der Waals surface area contributed by atoms with E-state index in [0.717, 1.165) is 11.1 Å². The lowest BCUT2D eigenvalue weighted by molar-refractivity contribution is -0.150. The van der Waals surface area contributed by atoms with Gasteiger partial charge in [0.15, 0.2) is 13.2 Å². The van der Waals surface area contributed by atoms with Gasteiger partial charge in [0, 0.05) is 12.5 Å². The first-order chi connectivity index (χ1) is 13.9. The van der Waals surface area contributed by atoms with Crippen molar-refractivity contribution in [3.8, 4) is 5.75 Å². The van der Waals surface area contributed by atoms with Crippen molar-refractivity contribution in [2.24, 2.45) is 0 Å². The Kier molecular flexibility index (Phi) is 8.69. The van der Waals surface area contributed by atoms with Crippen LogP contribution in [0.15, 0.2) is 54.6 Å². The van der Waals surface area contributed by atoms with E-state index in [0.29, 0.717) is 12.2 Å². The number of rotatable bonds is 10. The van der Waals surface area contributed by atoms with Crippen LogP contribution in [-0.2, 0) is 25.5 Å². The highest BCUT2D eigenvalue weighted by Crippen LogP contribution is 2.21. The third-order valence-electron chi connectivity index (χ3n) is 3.82. The van der Waals surface area contributed by atoms with E-state index in [2.05, 4.69) is 10.6 Å². The van der Waals surface area contributed by atoms with E-state index >= 15 is 0 Å². The van der Waals surface area contributed by atoms with E-state index < -0.39 is 18.5 Å². The minimum absolute atomic E-state index is 0.0147. The van der Waals surface area contributed by atoms with E-state index in [1.54, 1.807) is 6.07 Å². The van der Waals surface area contributed by atoms with Crippen LogP contribution in [0.1, 0.15) is 25.0 Å². The van der Waals surface area contributed by atoms with Crippen molar-refractivity contribution in [1.82, 2.24) is 10.6 Å². The zero-order chi connectivity index (χ0) is 21.1. The van der Waals surface area contributed by atoms with Crippen LogP contribution in [0.5, 0.6) is 5.75 Å². The molecule has 0 heterocycles. The summed E-state index contributed by atoms with van der Waals surface area (Å²) in [5, 5.41) is 5.03. The SMILES string of the molecule is CC(C)NC(=O)CNC(=O)COC(=O)COc1ccccc1Cc1ccccc1. The minimum atomic E-state index is -0.665. The lowest BCUT2D eigenvalue weighted by Gasteiger charge is -2.12. The topological polar surface area (TPSA) is 93.7 Å². The van der Waals surface area contributed by atoms with Gasteiger partial charge in [-0.1, -0.05) is 48.5 Å². The van der Waals surface area contributed by atoms with Crippen molar-refractivity contribution in [3.05, 3.63) is 65.7 Å². The summed E-state index contributed by atoms with van der Waals surface area (Å²) in [6, 6.07) is 17.4. The molecule has 0 aliphatic carbocycles. The summed E-state index contributed by atoms with van der Waals surface area (Å²) in [6.07, 6.45) is 0.674. The number of carbonyl (C=O) groups excluding carboxylic acids is 3. The average molecular weight is 398 g/mol. The number of para-hydroxylation sites is 1. The van der Waals surface area contributed by atoms with Gasteiger partial charge in [0.25, 0.3) is 5.91 Å². The fourth-order valence-corrected chi connectivity index (χ4v) is 2.53. The Balaban J connectivity index is 1.75. The maximum absolute atomic E-state index is 11.9. The molecule has 0 atom stereocenters. The molecule has 2 rings (SSSR count). The number of ether oxygens (including phenoxy) is 2. The second kappa shape index (κ2) is 11.5. The Morgan fingerprint density at radius 1 is 0.897 bits per heavy atom. The molecule has 0 radical (unpaired) electrons. The van der Waals surface area contributed by atoms with Crippen LogP contribution < -0.4 is 15.4 Å². The molecule has 0 unspecified atom stereocenters. The molecule has 2 amide bonds. The van der Waals surface area contributed by atoms with E-state index in [9.17, 15) is 14.4 Å². The Morgan fingerprint density at radius 2 is 1.59 bits per heavy atom. The maximum Gasteiger partial charge on any atom is 0.344 e. The van der Waals surface area contributed by atoms with Crippen LogP contribution in [0.3, 0.4) is 0 Å². The van der Waals surface area contributed by atoms with Crippen LogP contribution >= 0.6 is 0 Å². The summed E-state index contributed by atoms with van der Waals surface area (Å²) in [5.41, 5.74) is 2.07. The van der Waals surface area contributed by atoms with Gasteiger partial charge in [-0.2, -0.15) is 0 Å². The van der Waals surface area contributed by atoms with Gasteiger partial charge in [-0.25, -0.2) is 4.79 Å². The predicted octanol–water partition coefficient (Wildman–Crippen LogP) is 1.84. The van der Waals surface area contributed by atoms with Gasteiger partial charge in [0.2, 0.25) is 5.91 Å². The van der Waals surface area contributed by atoms with Crippen molar-refractivity contribution in [2.45, 2.75) is 26.3 Å². The molecule has 0 fully saturated rings. The quantitative estimate of drug-likeness (QED) is 0.596. The van der Waals surface area contributed by atoms with Crippen molar-refractivity contribution < 1.29 is 23.9 Å². The van der Waals surface area contributed by atoms with E-state index in [-0.39, 0.29) is 25.1 Å². The molecule has 7 heteroatoms. The first-order valence-corrected chi connectivity index (χ1v) is 9.40. The molecule has 0 aromatic heterocycles. The molecule has 0 saturated heterocycles. The molecular formula is C22H26N2O5. The normalized spacial score (nSPS) is 10.3. The van der Waals surface area contributed by atoms with E-state index in [1.807, 2.05) is 62.4 Å². The van der Waals surface area contributed by atoms with Gasteiger partial charge in [-0.05, 0) is 31.0 Å². The Bertz CT molecular complexity index is 821. The highest BCUT2D eigenvalue weighted by atomic mass is 16.6. The zero-order valence-corrected chi connectivity index (χ0v) is 16.6. The molecular weight excluding hydrogens is 372 g/mol. The smallest absolute Gasteiger partial charge is 0.344 e. The van der Waals surface area contributed by atoms with Gasteiger partial charge in [-0.3, -0.25) is 9.59 Å². The van der Waals surface area contributed by atoms with E-state index in [4.69, 9.17) is 9.47 Å². The van der Waals surface area contributed by atoms with Gasteiger partial charge in [-0.15, -0.1) is 0 Å². The molecule has 2 aromatic carbocycles. The lowest BCUT2D eigenvalue weighted by Crippen LogP contribution is -2.41. The summed E-state index contributed by atoms with van der Waals surface area (Å²) in [7, 11) is 0. The summed E-state index contributed by atoms with van der Waals surface area (Å²) >= 11 is 0. The number of amides is 2. The largest absolute Gasteiger partial charge is 0.482 e. The molecule has 0 bridgehead atoms. The molecule has 0 saturated carbocycles. The van der Waals surface area contributed by atoms with E-state index in [1.165, 1.54) is 0 Å².